The molecule has 0 radical (unpaired) electrons. The monoisotopic (exact) mass is 577 g/mol. The first kappa shape index (κ1) is 30.5. The maximum Gasteiger partial charge on any atom is 0.488 e. The average molecular weight is 578 g/mol. The zero-order chi connectivity index (χ0) is 30.7. The number of hydrogen-bond acceptors (Lipinski definition) is 5. The topological polar surface area (TPSA) is 84.0 Å². The average Bonchev–Trinajstić information content (AvgIpc) is 3.22. The Hall–Kier alpha value is -3.94. The van der Waals surface area contributed by atoms with Gasteiger partial charge in [-0.25, -0.2) is 0 Å². The number of nitrogens with zero attached hydrogens (tertiary/aromatic N) is 2. The van der Waals surface area contributed by atoms with E-state index in [2.05, 4.69) is 61.4 Å². The zero-order valence-electron chi connectivity index (χ0n) is 25.7. The molecule has 6 nitrogen and oxygen atoms in total. The number of anilines is 1. The predicted molar refractivity (Wildman–Crippen MR) is 175 cm³/mol. The SMILES string of the molecule is CCCCN(CCCC)c1ccc(C2=C(O)C(=CC3=[N+](Cc4ccc(B(O)O)cc4)c4ccccc4C3(C)C)C2=O)cc1. The van der Waals surface area contributed by atoms with Crippen LogP contribution in [0.1, 0.15) is 70.1 Å². The van der Waals surface area contributed by atoms with Crippen LogP contribution in [0.25, 0.3) is 5.57 Å². The van der Waals surface area contributed by atoms with E-state index in [4.69, 9.17) is 0 Å². The highest BCUT2D eigenvalue weighted by Crippen LogP contribution is 2.43. The smallest absolute Gasteiger partial charge is 0.488 e. The largest absolute Gasteiger partial charge is 0.506 e. The van der Waals surface area contributed by atoms with Gasteiger partial charge in [0.25, 0.3) is 0 Å². The minimum atomic E-state index is -1.52. The number of carbonyl (C=O) groups is 1. The van der Waals surface area contributed by atoms with Crippen LogP contribution in [0.5, 0.6) is 0 Å². The number of aliphatic hydroxyl groups excluding tert-OH is 1. The highest BCUT2D eigenvalue weighted by atomic mass is 16.4. The van der Waals surface area contributed by atoms with E-state index >= 15 is 0 Å². The molecular weight excluding hydrogens is 535 g/mol. The van der Waals surface area contributed by atoms with Crippen molar-refractivity contribution in [2.75, 3.05) is 18.0 Å². The number of aliphatic hydroxyl groups is 1. The summed E-state index contributed by atoms with van der Waals surface area (Å²) >= 11 is 0. The molecule has 2 aliphatic rings. The summed E-state index contributed by atoms with van der Waals surface area (Å²) in [6.07, 6.45) is 6.40. The van der Waals surface area contributed by atoms with Crippen molar-refractivity contribution in [3.05, 3.63) is 107 Å². The summed E-state index contributed by atoms with van der Waals surface area (Å²) in [6.45, 7) is 11.2. The minimum Gasteiger partial charge on any atom is -0.506 e. The summed E-state index contributed by atoms with van der Waals surface area (Å²) in [5, 5.41) is 30.2. The van der Waals surface area contributed by atoms with E-state index in [-0.39, 0.29) is 11.5 Å². The molecule has 0 saturated carbocycles. The van der Waals surface area contributed by atoms with Gasteiger partial charge in [0.1, 0.15) is 5.76 Å². The number of fused-ring (bicyclic) bond motifs is 1. The Labute approximate surface area is 255 Å². The number of para-hydroxylation sites is 1. The van der Waals surface area contributed by atoms with Crippen molar-refractivity contribution in [2.45, 2.75) is 65.3 Å². The number of unbranched alkanes of at least 4 members (excludes halogenated alkanes) is 2. The van der Waals surface area contributed by atoms with Gasteiger partial charge in [-0.15, -0.1) is 0 Å². The molecule has 1 heterocycles. The first-order valence-corrected chi connectivity index (χ1v) is 15.4. The van der Waals surface area contributed by atoms with Crippen molar-refractivity contribution in [3.8, 4) is 0 Å². The first-order valence-electron chi connectivity index (χ1n) is 15.4. The van der Waals surface area contributed by atoms with Gasteiger partial charge >= 0.3 is 7.12 Å². The molecule has 0 aromatic heterocycles. The fourth-order valence-electron chi connectivity index (χ4n) is 6.12. The molecule has 5 rings (SSSR count). The lowest BCUT2D eigenvalue weighted by Gasteiger charge is -2.26. The predicted octanol–water partition coefficient (Wildman–Crippen LogP) is 5.83. The van der Waals surface area contributed by atoms with E-state index in [9.17, 15) is 19.9 Å². The maximum absolute atomic E-state index is 13.5. The number of carbonyl (C=O) groups excluding carboxylic acids is 1. The molecule has 0 atom stereocenters. The third-order valence-electron chi connectivity index (χ3n) is 8.75. The molecule has 3 aromatic carbocycles. The fourth-order valence-corrected chi connectivity index (χ4v) is 6.12. The number of hydrogen-bond donors (Lipinski definition) is 3. The molecule has 3 aromatic rings. The van der Waals surface area contributed by atoms with Crippen LogP contribution in [-0.2, 0) is 16.8 Å². The van der Waals surface area contributed by atoms with Crippen LogP contribution in [0.15, 0.2) is 90.2 Å². The van der Waals surface area contributed by atoms with Crippen LogP contribution in [0, 0.1) is 0 Å². The highest BCUT2D eigenvalue weighted by Gasteiger charge is 2.46. The maximum atomic E-state index is 13.5. The van der Waals surface area contributed by atoms with Crippen molar-refractivity contribution >= 4 is 41.0 Å². The second-order valence-corrected chi connectivity index (χ2v) is 12.1. The molecule has 43 heavy (non-hydrogen) atoms. The van der Waals surface area contributed by atoms with Gasteiger partial charge < -0.3 is 20.1 Å². The van der Waals surface area contributed by atoms with Crippen LogP contribution >= 0.6 is 0 Å². The Balaban J connectivity index is 1.48. The summed E-state index contributed by atoms with van der Waals surface area (Å²) in [5.41, 5.74) is 6.70. The van der Waals surface area contributed by atoms with Gasteiger partial charge in [-0.05, 0) is 49.8 Å². The van der Waals surface area contributed by atoms with Crippen molar-refractivity contribution in [1.82, 2.24) is 0 Å². The van der Waals surface area contributed by atoms with Crippen LogP contribution < -0.4 is 10.4 Å². The van der Waals surface area contributed by atoms with Crippen molar-refractivity contribution in [2.24, 2.45) is 0 Å². The van der Waals surface area contributed by atoms with Crippen molar-refractivity contribution in [1.29, 1.82) is 0 Å². The van der Waals surface area contributed by atoms with Gasteiger partial charge in [0.15, 0.2) is 12.3 Å². The Kier molecular flexibility index (Phi) is 9.04. The van der Waals surface area contributed by atoms with Crippen LogP contribution in [0.4, 0.5) is 11.4 Å². The van der Waals surface area contributed by atoms with Gasteiger partial charge in [0.2, 0.25) is 11.5 Å². The molecule has 0 unspecified atom stereocenters. The minimum absolute atomic E-state index is 0.0343. The molecule has 7 heteroatoms. The Morgan fingerprint density at radius 2 is 1.51 bits per heavy atom. The highest BCUT2D eigenvalue weighted by molar-refractivity contribution is 6.58. The van der Waals surface area contributed by atoms with Gasteiger partial charge in [0.05, 0.1) is 16.6 Å². The summed E-state index contributed by atoms with van der Waals surface area (Å²) in [4.78, 5) is 15.9. The lowest BCUT2D eigenvalue weighted by atomic mass is 9.77. The lowest BCUT2D eigenvalue weighted by Crippen LogP contribution is -2.31. The molecule has 0 saturated heterocycles. The lowest BCUT2D eigenvalue weighted by molar-refractivity contribution is -0.455. The molecule has 0 amide bonds. The van der Waals surface area contributed by atoms with Gasteiger partial charge in [-0.1, -0.05) is 81.3 Å². The summed E-state index contributed by atoms with van der Waals surface area (Å²) in [7, 11) is -1.52. The standard InChI is InChI=1S/C36H41BN2O4/c1-5-7-21-38(22-8-6-2)28-19-15-26(16-20-28)33-34(40)29(35(33)41)23-32-36(3,4)30-11-9-10-12-31(30)39(32)24-25-13-17-27(18-14-25)37(42)43/h9-20,23,42-43H,5-8,21-22,24H2,1-4H3/p+1. The summed E-state index contributed by atoms with van der Waals surface area (Å²) in [6, 6.07) is 23.4. The van der Waals surface area contributed by atoms with E-state index in [1.807, 2.05) is 42.5 Å². The molecule has 222 valence electrons. The van der Waals surface area contributed by atoms with E-state index in [0.717, 1.165) is 72.5 Å². The van der Waals surface area contributed by atoms with Crippen molar-refractivity contribution in [3.63, 3.8) is 0 Å². The van der Waals surface area contributed by atoms with Crippen molar-refractivity contribution < 1.29 is 24.5 Å². The molecule has 3 N–H and O–H groups in total. The Morgan fingerprint density at radius 1 is 0.884 bits per heavy atom. The molecule has 0 bridgehead atoms. The molecule has 0 spiro atoms. The van der Waals surface area contributed by atoms with E-state index in [0.29, 0.717) is 23.2 Å². The van der Waals surface area contributed by atoms with Gasteiger partial charge in [0, 0.05) is 42.0 Å². The molecule has 0 fully saturated rings. The van der Waals surface area contributed by atoms with Gasteiger partial charge in [-0.3, -0.25) is 4.79 Å². The first-order chi connectivity index (χ1) is 20.7. The van der Waals surface area contributed by atoms with E-state index in [1.165, 1.54) is 0 Å². The number of rotatable bonds is 12. The Morgan fingerprint density at radius 3 is 2.09 bits per heavy atom. The zero-order valence-corrected chi connectivity index (χ0v) is 25.7. The number of benzene rings is 3. The third-order valence-corrected chi connectivity index (χ3v) is 8.75. The summed E-state index contributed by atoms with van der Waals surface area (Å²) < 4.78 is 2.18. The third kappa shape index (κ3) is 5.97. The number of ketones is 1. The fraction of sp³-hybridized carbons (Fsp3) is 0.333. The second kappa shape index (κ2) is 12.7. The molecule has 1 aliphatic heterocycles. The van der Waals surface area contributed by atoms with Crippen LogP contribution in [0.3, 0.4) is 0 Å². The van der Waals surface area contributed by atoms with Crippen LogP contribution in [-0.4, -0.2) is 51.4 Å². The quantitative estimate of drug-likeness (QED) is 0.143. The van der Waals surface area contributed by atoms with E-state index < -0.39 is 12.5 Å². The molecular formula is C36H42BN2O4+. The van der Waals surface area contributed by atoms with Crippen LogP contribution in [0.2, 0.25) is 0 Å². The summed E-state index contributed by atoms with van der Waals surface area (Å²) in [5.74, 6) is -0.119. The second-order valence-electron chi connectivity index (χ2n) is 12.1. The Bertz CT molecular complexity index is 1580. The number of allylic oxidation sites excluding steroid dienone is 3. The number of Topliss-reactive ketones (excluding diaryl/α,β-unsaturated/α-hetero) is 1. The molecule has 1 aliphatic carbocycles. The normalized spacial score (nSPS) is 16.5. The van der Waals surface area contributed by atoms with Gasteiger partial charge in [-0.2, -0.15) is 4.58 Å². The van der Waals surface area contributed by atoms with E-state index in [1.54, 1.807) is 12.1 Å².